The van der Waals surface area contributed by atoms with Crippen molar-refractivity contribution < 1.29 is 9.53 Å². The van der Waals surface area contributed by atoms with E-state index in [1.165, 1.54) is 4.90 Å². The Balaban J connectivity index is 1.99. The van der Waals surface area contributed by atoms with Crippen molar-refractivity contribution in [1.82, 2.24) is 4.57 Å². The number of ether oxygens (including phenoxy) is 1. The number of carbonyl (C=O) groups excluding carboxylic acids is 1. The first-order valence-corrected chi connectivity index (χ1v) is 10.5. The van der Waals surface area contributed by atoms with E-state index in [-0.39, 0.29) is 12.3 Å². The van der Waals surface area contributed by atoms with Gasteiger partial charge in [-0.05, 0) is 44.4 Å². The Bertz CT molecular complexity index is 1020. The van der Waals surface area contributed by atoms with Crippen molar-refractivity contribution >= 4 is 39.2 Å². The summed E-state index contributed by atoms with van der Waals surface area (Å²) in [6, 6.07) is 12.2. The molecule has 0 radical (unpaired) electrons. The standard InChI is InChI=1S/C20H22N2O2S2/c1-5-22-16-8-7-15(25-4)12-18(16)26-20(22)21-19(23)11-14-10-13(2)6-9-17(14)24-3/h6-10,12H,5,11H2,1-4H3. The van der Waals surface area contributed by atoms with Gasteiger partial charge in [-0.1, -0.05) is 29.0 Å². The number of thiazole rings is 1. The van der Waals surface area contributed by atoms with E-state index < -0.39 is 0 Å². The second kappa shape index (κ2) is 8.10. The molecule has 0 bridgehead atoms. The van der Waals surface area contributed by atoms with Crippen LogP contribution in [0.3, 0.4) is 0 Å². The lowest BCUT2D eigenvalue weighted by atomic mass is 10.1. The third-order valence-electron chi connectivity index (χ3n) is 4.20. The number of aromatic nitrogens is 1. The molecule has 3 rings (SSSR count). The molecule has 0 spiro atoms. The largest absolute Gasteiger partial charge is 0.496 e. The number of rotatable bonds is 5. The summed E-state index contributed by atoms with van der Waals surface area (Å²) in [5, 5.41) is 0. The zero-order valence-corrected chi connectivity index (χ0v) is 17.0. The molecule has 136 valence electrons. The van der Waals surface area contributed by atoms with Crippen LogP contribution in [0.1, 0.15) is 18.1 Å². The Hall–Kier alpha value is -2.05. The zero-order chi connectivity index (χ0) is 18.7. The van der Waals surface area contributed by atoms with Gasteiger partial charge in [0.25, 0.3) is 5.91 Å². The summed E-state index contributed by atoms with van der Waals surface area (Å²) in [5.41, 5.74) is 3.09. The minimum Gasteiger partial charge on any atom is -0.496 e. The number of nitrogens with zero attached hydrogens (tertiary/aromatic N) is 2. The summed E-state index contributed by atoms with van der Waals surface area (Å²) in [6.07, 6.45) is 2.30. The van der Waals surface area contributed by atoms with E-state index in [1.807, 2.05) is 25.1 Å². The maximum atomic E-state index is 12.6. The minimum absolute atomic E-state index is 0.159. The molecule has 3 aromatic rings. The number of thioether (sulfide) groups is 1. The normalized spacial score (nSPS) is 11.9. The van der Waals surface area contributed by atoms with E-state index >= 15 is 0 Å². The van der Waals surface area contributed by atoms with Crippen molar-refractivity contribution in [3.8, 4) is 5.75 Å². The first-order valence-electron chi connectivity index (χ1n) is 8.44. The van der Waals surface area contributed by atoms with Gasteiger partial charge < -0.3 is 9.30 Å². The van der Waals surface area contributed by atoms with Crippen molar-refractivity contribution in [2.45, 2.75) is 31.7 Å². The monoisotopic (exact) mass is 386 g/mol. The quantitative estimate of drug-likeness (QED) is 0.609. The molecule has 0 atom stereocenters. The topological polar surface area (TPSA) is 43.6 Å². The highest BCUT2D eigenvalue weighted by molar-refractivity contribution is 7.98. The van der Waals surface area contributed by atoms with Crippen LogP contribution in [-0.2, 0) is 17.8 Å². The van der Waals surface area contributed by atoms with Crippen molar-refractivity contribution in [3.63, 3.8) is 0 Å². The van der Waals surface area contributed by atoms with Crippen LogP contribution >= 0.6 is 23.1 Å². The molecule has 0 aliphatic carbocycles. The third-order valence-corrected chi connectivity index (χ3v) is 5.97. The van der Waals surface area contributed by atoms with Gasteiger partial charge in [0, 0.05) is 17.0 Å². The van der Waals surface area contributed by atoms with E-state index in [0.717, 1.165) is 38.4 Å². The van der Waals surface area contributed by atoms with Gasteiger partial charge in [0.05, 0.1) is 23.7 Å². The number of carbonyl (C=O) groups is 1. The van der Waals surface area contributed by atoms with E-state index in [2.05, 4.69) is 40.9 Å². The summed E-state index contributed by atoms with van der Waals surface area (Å²) in [6.45, 7) is 4.85. The summed E-state index contributed by atoms with van der Waals surface area (Å²) in [7, 11) is 1.62. The smallest absolute Gasteiger partial charge is 0.252 e. The average molecular weight is 387 g/mol. The molecule has 26 heavy (non-hydrogen) atoms. The van der Waals surface area contributed by atoms with Gasteiger partial charge in [0.15, 0.2) is 4.80 Å². The molecule has 2 aromatic carbocycles. The van der Waals surface area contributed by atoms with Gasteiger partial charge in [-0.2, -0.15) is 4.99 Å². The number of hydrogen-bond donors (Lipinski definition) is 0. The Morgan fingerprint density at radius 3 is 2.77 bits per heavy atom. The lowest BCUT2D eigenvalue weighted by molar-refractivity contribution is -0.117. The van der Waals surface area contributed by atoms with Crippen LogP contribution in [0, 0.1) is 6.92 Å². The van der Waals surface area contributed by atoms with Gasteiger partial charge in [-0.15, -0.1) is 11.8 Å². The first-order chi connectivity index (χ1) is 12.5. The summed E-state index contributed by atoms with van der Waals surface area (Å²) in [5.74, 6) is 0.566. The van der Waals surface area contributed by atoms with E-state index in [1.54, 1.807) is 30.2 Å². The fourth-order valence-electron chi connectivity index (χ4n) is 2.93. The van der Waals surface area contributed by atoms with Crippen LogP contribution in [-0.4, -0.2) is 23.8 Å². The first kappa shape index (κ1) is 18.7. The number of hydrogen-bond acceptors (Lipinski definition) is 4. The molecular formula is C20H22N2O2S2. The van der Waals surface area contributed by atoms with Crippen molar-refractivity contribution in [1.29, 1.82) is 0 Å². The Labute approximate surface area is 161 Å². The molecule has 0 unspecified atom stereocenters. The highest BCUT2D eigenvalue weighted by atomic mass is 32.2. The van der Waals surface area contributed by atoms with Gasteiger partial charge >= 0.3 is 0 Å². The predicted molar refractivity (Wildman–Crippen MR) is 109 cm³/mol. The second-order valence-corrected chi connectivity index (χ2v) is 7.85. The molecule has 1 heterocycles. The predicted octanol–water partition coefficient (Wildman–Crippen LogP) is 4.43. The Morgan fingerprint density at radius 2 is 2.08 bits per heavy atom. The SMILES string of the molecule is CCn1c(=NC(=O)Cc2cc(C)ccc2OC)sc2cc(SC)ccc21. The maximum absolute atomic E-state index is 12.6. The Morgan fingerprint density at radius 1 is 1.27 bits per heavy atom. The number of amides is 1. The van der Waals surface area contributed by atoms with Crippen molar-refractivity contribution in [2.75, 3.05) is 13.4 Å². The lowest BCUT2D eigenvalue weighted by Crippen LogP contribution is -2.16. The number of aryl methyl sites for hydroxylation is 2. The molecule has 0 saturated carbocycles. The number of benzene rings is 2. The number of methoxy groups -OCH3 is 1. The minimum atomic E-state index is -0.159. The lowest BCUT2D eigenvalue weighted by Gasteiger charge is -2.07. The van der Waals surface area contributed by atoms with Crippen molar-refractivity contribution in [2.24, 2.45) is 4.99 Å². The van der Waals surface area contributed by atoms with Gasteiger partial charge in [-0.25, -0.2) is 0 Å². The zero-order valence-electron chi connectivity index (χ0n) is 15.4. The molecular weight excluding hydrogens is 364 g/mol. The molecule has 0 aliphatic heterocycles. The molecule has 4 nitrogen and oxygen atoms in total. The molecule has 0 fully saturated rings. The van der Waals surface area contributed by atoms with Gasteiger partial charge in [0.1, 0.15) is 5.75 Å². The molecule has 1 aromatic heterocycles. The van der Waals surface area contributed by atoms with Crippen LogP contribution in [0.4, 0.5) is 0 Å². The molecule has 0 saturated heterocycles. The fraction of sp³-hybridized carbons (Fsp3) is 0.300. The van der Waals surface area contributed by atoms with E-state index in [0.29, 0.717) is 0 Å². The van der Waals surface area contributed by atoms with Gasteiger partial charge in [-0.3, -0.25) is 4.79 Å². The van der Waals surface area contributed by atoms with Crippen LogP contribution in [0.25, 0.3) is 10.2 Å². The average Bonchev–Trinajstić information content (AvgIpc) is 2.97. The molecule has 1 amide bonds. The molecule has 0 aliphatic rings. The number of fused-ring (bicyclic) bond motifs is 1. The van der Waals surface area contributed by atoms with Crippen LogP contribution in [0.2, 0.25) is 0 Å². The van der Waals surface area contributed by atoms with E-state index in [9.17, 15) is 4.79 Å². The highest BCUT2D eigenvalue weighted by Gasteiger charge is 2.11. The highest BCUT2D eigenvalue weighted by Crippen LogP contribution is 2.24. The molecule has 0 N–H and O–H groups in total. The summed E-state index contributed by atoms with van der Waals surface area (Å²) in [4.78, 5) is 19.0. The summed E-state index contributed by atoms with van der Waals surface area (Å²) < 4.78 is 8.62. The Kier molecular flexibility index (Phi) is 5.84. The van der Waals surface area contributed by atoms with E-state index in [4.69, 9.17) is 4.74 Å². The maximum Gasteiger partial charge on any atom is 0.252 e. The van der Waals surface area contributed by atoms with Gasteiger partial charge in [0.2, 0.25) is 0 Å². The summed E-state index contributed by atoms with van der Waals surface area (Å²) >= 11 is 3.27. The van der Waals surface area contributed by atoms with Crippen LogP contribution in [0.5, 0.6) is 5.75 Å². The van der Waals surface area contributed by atoms with Crippen molar-refractivity contribution in [3.05, 3.63) is 52.3 Å². The van der Waals surface area contributed by atoms with Crippen LogP contribution < -0.4 is 9.54 Å². The fourth-order valence-corrected chi connectivity index (χ4v) is 4.59. The second-order valence-electron chi connectivity index (χ2n) is 5.96. The van der Waals surface area contributed by atoms with Crippen LogP contribution in [0.15, 0.2) is 46.3 Å². The third kappa shape index (κ3) is 3.86. The molecule has 6 heteroatoms.